The molecule has 260 valence electrons. The largest absolute Gasteiger partial charge is 0.374 e. The van der Waals surface area contributed by atoms with Crippen molar-refractivity contribution in [1.29, 1.82) is 0 Å². The molecule has 3 atom stereocenters. The number of hydrogen-bond donors (Lipinski definition) is 0. The molecule has 0 amide bonds. The first-order valence-electron chi connectivity index (χ1n) is 20.0. The Bertz CT molecular complexity index is 725. The summed E-state index contributed by atoms with van der Waals surface area (Å²) in [5.74, 6) is 0. The highest BCUT2D eigenvalue weighted by Gasteiger charge is 2.48. The zero-order chi connectivity index (χ0) is 31.5. The molecule has 0 N–H and O–H groups in total. The van der Waals surface area contributed by atoms with Gasteiger partial charge in [0.1, 0.15) is 0 Å². The Labute approximate surface area is 280 Å². The molecule has 0 saturated heterocycles. The lowest BCUT2D eigenvalue weighted by Gasteiger charge is -2.51. The molecule has 0 aromatic heterocycles. The molecular weight excluding hydrogens is 579 g/mol. The second kappa shape index (κ2) is 23.0. The zero-order valence-electron chi connectivity index (χ0n) is 30.0. The molecule has 3 rings (SSSR count). The summed E-state index contributed by atoms with van der Waals surface area (Å²) >= 11 is 7.22. The maximum absolute atomic E-state index is 7.62. The Kier molecular flexibility index (Phi) is 20.3. The molecule has 0 heterocycles. The molecule has 3 unspecified atom stereocenters. The third-order valence-electron chi connectivity index (χ3n) is 11.2. The Balaban J connectivity index is 2.05. The van der Waals surface area contributed by atoms with E-state index in [1.165, 1.54) is 148 Å². The van der Waals surface area contributed by atoms with Crippen LogP contribution in [-0.2, 0) is 21.3 Å². The summed E-state index contributed by atoms with van der Waals surface area (Å²) < 4.78 is 20.5. The Hall–Kier alpha value is 0.490. The van der Waals surface area contributed by atoms with Crippen LogP contribution in [0.25, 0.3) is 0 Å². The van der Waals surface area contributed by atoms with Crippen LogP contribution in [-0.4, -0.2) is 65.6 Å². The molecule has 3 aliphatic rings. The fourth-order valence-corrected chi connectivity index (χ4v) is 14.9. The molecule has 6 heteroatoms. The van der Waals surface area contributed by atoms with Crippen LogP contribution in [0.1, 0.15) is 188 Å². The summed E-state index contributed by atoms with van der Waals surface area (Å²) in [6.07, 6.45) is 32.1. The number of nitrogens with zero attached hydrogens (tertiary/aromatic N) is 2. The summed E-state index contributed by atoms with van der Waals surface area (Å²) in [7, 11) is 0. The predicted molar refractivity (Wildman–Crippen MR) is 197 cm³/mol. The summed E-state index contributed by atoms with van der Waals surface area (Å²) in [4.78, 5) is 0. The van der Waals surface area contributed by atoms with E-state index in [0.717, 1.165) is 39.0 Å². The van der Waals surface area contributed by atoms with Crippen LogP contribution >= 0.6 is 6.34 Å². The van der Waals surface area contributed by atoms with Crippen molar-refractivity contribution in [3.63, 3.8) is 0 Å². The van der Waals surface area contributed by atoms with Gasteiger partial charge in [-0.3, -0.25) is 9.34 Å². The van der Waals surface area contributed by atoms with Gasteiger partial charge in [0.05, 0.1) is 36.4 Å². The van der Waals surface area contributed by atoms with Gasteiger partial charge in [-0.2, -0.15) is 0 Å². The monoisotopic (exact) mass is 655 g/mol. The summed E-state index contributed by atoms with van der Waals surface area (Å²) in [6, 6.07) is 0. The maximum Gasteiger partial charge on any atom is 0.0856 e. The van der Waals surface area contributed by atoms with E-state index >= 15 is 0 Å². The van der Waals surface area contributed by atoms with Crippen LogP contribution in [0.5, 0.6) is 0 Å². The van der Waals surface area contributed by atoms with E-state index in [0.29, 0.717) is 12.2 Å². The Morgan fingerprint density at radius 3 is 0.955 bits per heavy atom. The van der Waals surface area contributed by atoms with Crippen molar-refractivity contribution >= 4 is 18.1 Å². The Morgan fingerprint density at radius 1 is 0.432 bits per heavy atom. The smallest absolute Gasteiger partial charge is 0.0856 e. The van der Waals surface area contributed by atoms with Crippen molar-refractivity contribution in [1.82, 2.24) is 9.34 Å². The molecule has 3 aliphatic carbocycles. The SMILES string of the molecule is CCN(CC)P(=S)(C1C(OC2CCCCCCCCCCC2)CCCCCCCCC1OC1CCCCCC1)N(CC)CC. The van der Waals surface area contributed by atoms with Crippen LogP contribution in [0.15, 0.2) is 0 Å². The fourth-order valence-electron chi connectivity index (χ4n) is 8.66. The molecule has 4 nitrogen and oxygen atoms in total. The predicted octanol–water partition coefficient (Wildman–Crippen LogP) is 11.6. The molecular formula is C38H75N2O2PS. The molecule has 0 aliphatic heterocycles. The number of hydrogen-bond acceptors (Lipinski definition) is 3. The van der Waals surface area contributed by atoms with Crippen molar-refractivity contribution in [3.8, 4) is 0 Å². The molecule has 0 aromatic carbocycles. The van der Waals surface area contributed by atoms with E-state index in [1.54, 1.807) is 0 Å². The third-order valence-corrected chi connectivity index (χ3v) is 17.5. The minimum atomic E-state index is -2.17. The molecule has 3 saturated carbocycles. The van der Waals surface area contributed by atoms with Crippen LogP contribution in [0, 0.1) is 0 Å². The minimum Gasteiger partial charge on any atom is -0.374 e. The van der Waals surface area contributed by atoms with Gasteiger partial charge < -0.3 is 9.47 Å². The molecule has 44 heavy (non-hydrogen) atoms. The molecule has 0 radical (unpaired) electrons. The van der Waals surface area contributed by atoms with Gasteiger partial charge in [0.2, 0.25) is 0 Å². The van der Waals surface area contributed by atoms with Crippen LogP contribution < -0.4 is 0 Å². The molecule has 0 bridgehead atoms. The average Bonchev–Trinajstić information content (AvgIpc) is 3.30. The molecule has 0 aromatic rings. The fraction of sp³-hybridized carbons (Fsp3) is 1.00. The third kappa shape index (κ3) is 12.5. The molecule has 3 fully saturated rings. The molecule has 0 spiro atoms. The van der Waals surface area contributed by atoms with E-state index in [-0.39, 0.29) is 17.9 Å². The average molecular weight is 655 g/mol. The van der Waals surface area contributed by atoms with Crippen molar-refractivity contribution in [2.45, 2.75) is 218 Å². The van der Waals surface area contributed by atoms with Gasteiger partial charge in [0, 0.05) is 26.2 Å². The highest BCUT2D eigenvalue weighted by atomic mass is 32.4. The summed E-state index contributed by atoms with van der Waals surface area (Å²) in [6.45, 7) is 13.5. The van der Waals surface area contributed by atoms with E-state index in [1.807, 2.05) is 0 Å². The zero-order valence-corrected chi connectivity index (χ0v) is 31.7. The first-order valence-corrected chi connectivity index (χ1v) is 22.8. The summed E-state index contributed by atoms with van der Waals surface area (Å²) in [5.41, 5.74) is 0.278. The van der Waals surface area contributed by atoms with Crippen molar-refractivity contribution < 1.29 is 9.47 Å². The van der Waals surface area contributed by atoms with Gasteiger partial charge in [-0.25, -0.2) is 0 Å². The van der Waals surface area contributed by atoms with Crippen LogP contribution in [0.2, 0.25) is 0 Å². The first kappa shape index (κ1) is 38.9. The number of ether oxygens (including phenoxy) is 2. The van der Waals surface area contributed by atoms with E-state index in [9.17, 15) is 0 Å². The van der Waals surface area contributed by atoms with Crippen LogP contribution in [0.4, 0.5) is 0 Å². The van der Waals surface area contributed by atoms with Gasteiger partial charge in [0.15, 0.2) is 0 Å². The standard InChI is InChI=1S/C38H75N2O2PS/c1-5-39(6-2)43(44,40(7-3)8-4)38-36(41-34-28-22-16-12-10-9-11-13-17-23-29-34)32-26-18-14-15-19-27-33-37(38)42-35-30-24-20-21-25-31-35/h34-38H,5-33H2,1-4H3. The van der Waals surface area contributed by atoms with Crippen molar-refractivity contribution in [3.05, 3.63) is 0 Å². The highest BCUT2D eigenvalue weighted by molar-refractivity contribution is 8.12. The second-order valence-corrected chi connectivity index (χ2v) is 18.9. The lowest BCUT2D eigenvalue weighted by atomic mass is 9.97. The van der Waals surface area contributed by atoms with Gasteiger partial charge >= 0.3 is 0 Å². The first-order chi connectivity index (χ1) is 21.6. The Morgan fingerprint density at radius 2 is 0.682 bits per heavy atom. The van der Waals surface area contributed by atoms with Gasteiger partial charge in [-0.15, -0.1) is 0 Å². The quantitative estimate of drug-likeness (QED) is 0.163. The van der Waals surface area contributed by atoms with E-state index < -0.39 is 6.34 Å². The summed E-state index contributed by atoms with van der Waals surface area (Å²) in [5, 5.41) is 0. The normalized spacial score (nSPS) is 27.7. The highest BCUT2D eigenvalue weighted by Crippen LogP contribution is 2.61. The number of rotatable bonds is 11. The maximum atomic E-state index is 7.62. The lowest BCUT2D eigenvalue weighted by Crippen LogP contribution is -2.50. The van der Waals surface area contributed by atoms with Crippen molar-refractivity contribution in [2.24, 2.45) is 0 Å². The lowest BCUT2D eigenvalue weighted by molar-refractivity contribution is -0.0809. The topological polar surface area (TPSA) is 24.9 Å². The van der Waals surface area contributed by atoms with Crippen LogP contribution in [0.3, 0.4) is 0 Å². The van der Waals surface area contributed by atoms with E-state index in [2.05, 4.69) is 37.0 Å². The van der Waals surface area contributed by atoms with Gasteiger partial charge in [0.25, 0.3) is 0 Å². The van der Waals surface area contributed by atoms with Crippen molar-refractivity contribution in [2.75, 3.05) is 26.2 Å². The van der Waals surface area contributed by atoms with E-state index in [4.69, 9.17) is 21.3 Å². The van der Waals surface area contributed by atoms with Gasteiger partial charge in [-0.05, 0) is 38.5 Å². The second-order valence-electron chi connectivity index (χ2n) is 14.4. The van der Waals surface area contributed by atoms with Gasteiger partial charge in [-0.1, -0.05) is 161 Å². The minimum absolute atomic E-state index is 0.203.